The first-order chi connectivity index (χ1) is 14.4. The molecular formula is C25H38NO3P. The van der Waals surface area contributed by atoms with Crippen molar-refractivity contribution in [1.82, 2.24) is 4.90 Å². The summed E-state index contributed by atoms with van der Waals surface area (Å²) < 4.78 is 13.1. The van der Waals surface area contributed by atoms with Gasteiger partial charge in [-0.3, -0.25) is 9.59 Å². The highest BCUT2D eigenvalue weighted by Crippen LogP contribution is 2.44. The van der Waals surface area contributed by atoms with Gasteiger partial charge < -0.3 is 9.46 Å². The van der Waals surface area contributed by atoms with Gasteiger partial charge in [0, 0.05) is 12.7 Å². The molecule has 166 valence electrons. The Morgan fingerprint density at radius 3 is 2.40 bits per heavy atom. The van der Waals surface area contributed by atoms with Crippen LogP contribution in [0.3, 0.4) is 0 Å². The van der Waals surface area contributed by atoms with Crippen molar-refractivity contribution >= 4 is 18.8 Å². The van der Waals surface area contributed by atoms with E-state index in [4.69, 9.17) is 0 Å². The van der Waals surface area contributed by atoms with Crippen LogP contribution in [0, 0.1) is 11.8 Å². The Kier molecular flexibility index (Phi) is 8.34. The van der Waals surface area contributed by atoms with E-state index in [-0.39, 0.29) is 23.9 Å². The van der Waals surface area contributed by atoms with Gasteiger partial charge in [0.05, 0.1) is 19.3 Å². The quantitative estimate of drug-likeness (QED) is 0.389. The summed E-state index contributed by atoms with van der Waals surface area (Å²) in [6, 6.07) is 10.0. The molecule has 1 heterocycles. The number of amides is 1. The number of hydrogen-bond acceptors (Lipinski definition) is 3. The van der Waals surface area contributed by atoms with Crippen molar-refractivity contribution in [1.29, 1.82) is 0 Å². The van der Waals surface area contributed by atoms with Crippen LogP contribution < -0.4 is 0 Å². The van der Waals surface area contributed by atoms with E-state index in [0.717, 1.165) is 25.7 Å². The van der Waals surface area contributed by atoms with Gasteiger partial charge >= 0.3 is 0 Å². The SMILES string of the molecule is CC(=O)C1CC(C2CCCCC2)CN1C(=O)CP(C)(=O)CCCCc1ccccc1. The summed E-state index contributed by atoms with van der Waals surface area (Å²) in [5, 5.41) is 0. The van der Waals surface area contributed by atoms with E-state index in [1.54, 1.807) is 18.5 Å². The van der Waals surface area contributed by atoms with Gasteiger partial charge in [0.2, 0.25) is 5.91 Å². The number of nitrogens with zero attached hydrogens (tertiary/aromatic N) is 1. The average Bonchev–Trinajstić information content (AvgIpc) is 3.19. The fourth-order valence-electron chi connectivity index (χ4n) is 5.35. The van der Waals surface area contributed by atoms with E-state index in [2.05, 4.69) is 12.1 Å². The molecular weight excluding hydrogens is 393 g/mol. The fourth-order valence-corrected chi connectivity index (χ4v) is 7.16. The van der Waals surface area contributed by atoms with Gasteiger partial charge in [-0.1, -0.05) is 62.4 Å². The van der Waals surface area contributed by atoms with Crippen molar-refractivity contribution in [3.05, 3.63) is 35.9 Å². The van der Waals surface area contributed by atoms with Gasteiger partial charge in [-0.25, -0.2) is 0 Å². The van der Waals surface area contributed by atoms with E-state index in [0.29, 0.717) is 24.5 Å². The minimum Gasteiger partial charge on any atom is -0.332 e. The normalized spacial score (nSPS) is 24.5. The molecule has 1 aliphatic heterocycles. The number of aryl methyl sites for hydroxylation is 1. The molecule has 2 fully saturated rings. The first-order valence-electron chi connectivity index (χ1n) is 11.7. The van der Waals surface area contributed by atoms with E-state index in [9.17, 15) is 14.2 Å². The molecule has 30 heavy (non-hydrogen) atoms. The molecule has 3 atom stereocenters. The van der Waals surface area contributed by atoms with E-state index < -0.39 is 7.14 Å². The van der Waals surface area contributed by atoms with Crippen molar-refractivity contribution in [2.24, 2.45) is 11.8 Å². The summed E-state index contributed by atoms with van der Waals surface area (Å²) in [4.78, 5) is 27.1. The largest absolute Gasteiger partial charge is 0.332 e. The standard InChI is InChI=1S/C25H38NO3P/c1-20(27)24-17-23(22-14-7-4-8-15-22)18-26(24)25(28)19-30(2,29)16-10-9-13-21-11-5-3-6-12-21/h3,5-6,11-12,22-24H,4,7-10,13-19H2,1-2H3. The third-order valence-electron chi connectivity index (χ3n) is 7.10. The highest BCUT2D eigenvalue weighted by atomic mass is 31.2. The molecule has 0 bridgehead atoms. The van der Waals surface area contributed by atoms with Gasteiger partial charge in [-0.2, -0.15) is 0 Å². The Bertz CT molecular complexity index is 757. The lowest BCUT2D eigenvalue weighted by Crippen LogP contribution is -2.41. The molecule has 1 saturated carbocycles. The van der Waals surface area contributed by atoms with Crippen molar-refractivity contribution in [3.8, 4) is 0 Å². The van der Waals surface area contributed by atoms with Crippen LogP contribution in [0.15, 0.2) is 30.3 Å². The van der Waals surface area contributed by atoms with Crippen LogP contribution in [-0.4, -0.2) is 48.2 Å². The van der Waals surface area contributed by atoms with Crippen LogP contribution in [0.4, 0.5) is 0 Å². The third-order valence-corrected chi connectivity index (χ3v) is 9.30. The van der Waals surface area contributed by atoms with Crippen molar-refractivity contribution in [2.75, 3.05) is 25.5 Å². The van der Waals surface area contributed by atoms with Gasteiger partial charge in [-0.15, -0.1) is 0 Å². The maximum atomic E-state index is 13.1. The van der Waals surface area contributed by atoms with Crippen LogP contribution in [-0.2, 0) is 20.6 Å². The Morgan fingerprint density at radius 2 is 1.73 bits per heavy atom. The summed E-state index contributed by atoms with van der Waals surface area (Å²) in [5.41, 5.74) is 1.30. The number of benzene rings is 1. The summed E-state index contributed by atoms with van der Waals surface area (Å²) in [6.07, 6.45) is 10.7. The molecule has 1 aliphatic carbocycles. The summed E-state index contributed by atoms with van der Waals surface area (Å²) >= 11 is 0. The highest BCUT2D eigenvalue weighted by molar-refractivity contribution is 7.64. The zero-order valence-electron chi connectivity index (χ0n) is 18.7. The van der Waals surface area contributed by atoms with Crippen LogP contribution in [0.2, 0.25) is 0 Å². The summed E-state index contributed by atoms with van der Waals surface area (Å²) in [7, 11) is -2.53. The van der Waals surface area contributed by atoms with Crippen molar-refractivity contribution < 1.29 is 14.2 Å². The molecule has 3 rings (SSSR count). The second-order valence-corrected chi connectivity index (χ2v) is 13.0. The first kappa shape index (κ1) is 23.3. The number of rotatable bonds is 9. The number of ketones is 1. The van der Waals surface area contributed by atoms with Crippen molar-refractivity contribution in [3.63, 3.8) is 0 Å². The maximum absolute atomic E-state index is 13.1. The molecule has 0 aromatic heterocycles. The van der Waals surface area contributed by atoms with Crippen LogP contribution in [0.5, 0.6) is 0 Å². The lowest BCUT2D eigenvalue weighted by atomic mass is 9.79. The van der Waals surface area contributed by atoms with Crippen LogP contribution in [0.25, 0.3) is 0 Å². The number of hydrogen-bond donors (Lipinski definition) is 0. The average molecular weight is 432 g/mol. The Balaban J connectivity index is 1.50. The molecule has 1 amide bonds. The predicted molar refractivity (Wildman–Crippen MR) is 124 cm³/mol. The number of likely N-dealkylation sites (tertiary alicyclic amines) is 1. The topological polar surface area (TPSA) is 54.5 Å². The van der Waals surface area contributed by atoms with Gasteiger partial charge in [-0.05, 0) is 56.7 Å². The molecule has 5 heteroatoms. The Labute approximate surface area is 182 Å². The monoisotopic (exact) mass is 431 g/mol. The Morgan fingerprint density at radius 1 is 1.03 bits per heavy atom. The summed E-state index contributed by atoms with van der Waals surface area (Å²) in [5.74, 6) is 1.09. The van der Waals surface area contributed by atoms with Gasteiger partial charge in [0.25, 0.3) is 0 Å². The highest BCUT2D eigenvalue weighted by Gasteiger charge is 2.41. The smallest absolute Gasteiger partial charge is 0.230 e. The minimum absolute atomic E-state index is 0.0672. The second-order valence-electron chi connectivity index (χ2n) is 9.69. The lowest BCUT2D eigenvalue weighted by Gasteiger charge is -2.27. The molecule has 1 aromatic carbocycles. The number of carbonyl (C=O) groups is 2. The first-order valence-corrected chi connectivity index (χ1v) is 14.3. The summed E-state index contributed by atoms with van der Waals surface area (Å²) in [6.45, 7) is 4.05. The zero-order chi connectivity index (χ0) is 21.6. The molecule has 0 spiro atoms. The zero-order valence-corrected chi connectivity index (χ0v) is 19.6. The van der Waals surface area contributed by atoms with Crippen LogP contribution in [0.1, 0.15) is 63.9 Å². The fraction of sp³-hybridized carbons (Fsp3) is 0.680. The molecule has 0 N–H and O–H groups in total. The van der Waals surface area contributed by atoms with E-state index in [1.807, 2.05) is 18.2 Å². The molecule has 1 aromatic rings. The lowest BCUT2D eigenvalue weighted by molar-refractivity contribution is -0.134. The van der Waals surface area contributed by atoms with Gasteiger partial charge in [0.1, 0.15) is 0 Å². The minimum atomic E-state index is -2.53. The number of carbonyl (C=O) groups excluding carboxylic acids is 2. The Hall–Kier alpha value is -1.41. The number of unbranched alkanes of at least 4 members (excludes halogenated alkanes) is 1. The second kappa shape index (κ2) is 10.8. The predicted octanol–water partition coefficient (Wildman–Crippen LogP) is 5.39. The molecule has 2 aliphatic rings. The van der Waals surface area contributed by atoms with Crippen LogP contribution >= 0.6 is 7.14 Å². The molecule has 4 nitrogen and oxygen atoms in total. The van der Waals surface area contributed by atoms with Crippen molar-refractivity contribution in [2.45, 2.75) is 70.8 Å². The molecule has 0 radical (unpaired) electrons. The molecule has 1 saturated heterocycles. The third kappa shape index (κ3) is 6.54. The van der Waals surface area contributed by atoms with Gasteiger partial charge in [0.15, 0.2) is 5.78 Å². The number of Topliss-reactive ketones (excluding diaryl/α,β-unsaturated/α-hetero) is 1. The van der Waals surface area contributed by atoms with E-state index >= 15 is 0 Å². The molecule has 3 unspecified atom stereocenters. The maximum Gasteiger partial charge on any atom is 0.230 e. The van der Waals surface area contributed by atoms with E-state index in [1.165, 1.54) is 37.7 Å².